The summed E-state index contributed by atoms with van der Waals surface area (Å²) in [5, 5.41) is 0. The Kier molecular flexibility index (Phi) is 4.47. The van der Waals surface area contributed by atoms with Gasteiger partial charge in [0.05, 0.1) is 0 Å². The van der Waals surface area contributed by atoms with Crippen LogP contribution in [-0.2, 0) is 13.0 Å². The summed E-state index contributed by atoms with van der Waals surface area (Å²) in [5.74, 6) is -0.604. The van der Waals surface area contributed by atoms with E-state index in [4.69, 9.17) is 10.5 Å². The van der Waals surface area contributed by atoms with E-state index in [2.05, 4.69) is 0 Å². The number of nitrogens with two attached hydrogens (primary N) is 1. The quantitative estimate of drug-likeness (QED) is 0.899. The van der Waals surface area contributed by atoms with Crippen molar-refractivity contribution < 1.29 is 13.5 Å². The highest BCUT2D eigenvalue weighted by Gasteiger charge is 2.05. The van der Waals surface area contributed by atoms with Gasteiger partial charge in [0.2, 0.25) is 0 Å². The minimum Gasteiger partial charge on any atom is -0.486 e. The van der Waals surface area contributed by atoms with Gasteiger partial charge >= 0.3 is 0 Å². The van der Waals surface area contributed by atoms with Gasteiger partial charge in [0, 0.05) is 0 Å². The average Bonchev–Trinajstić information content (AvgIpc) is 2.38. The van der Waals surface area contributed by atoms with Crippen molar-refractivity contribution in [1.82, 2.24) is 0 Å². The molecule has 0 aliphatic carbocycles. The molecular formula is C15H15F2NO. The Morgan fingerprint density at radius 1 is 1.00 bits per heavy atom. The molecule has 0 bridgehead atoms. The Morgan fingerprint density at radius 3 is 2.53 bits per heavy atom. The van der Waals surface area contributed by atoms with E-state index in [1.54, 1.807) is 24.3 Å². The molecule has 2 N–H and O–H groups in total. The molecule has 0 aromatic heterocycles. The fourth-order valence-corrected chi connectivity index (χ4v) is 1.77. The zero-order valence-corrected chi connectivity index (χ0v) is 10.4. The Labute approximate surface area is 110 Å². The molecule has 0 aliphatic heterocycles. The van der Waals surface area contributed by atoms with Gasteiger partial charge in [-0.05, 0) is 48.4 Å². The lowest BCUT2D eigenvalue weighted by Gasteiger charge is -2.08. The van der Waals surface area contributed by atoms with Gasteiger partial charge in [0.15, 0.2) is 11.6 Å². The summed E-state index contributed by atoms with van der Waals surface area (Å²) >= 11 is 0. The second-order valence-corrected chi connectivity index (χ2v) is 4.22. The summed E-state index contributed by atoms with van der Waals surface area (Å²) in [5.41, 5.74) is 6.90. The van der Waals surface area contributed by atoms with E-state index in [0.717, 1.165) is 5.56 Å². The predicted molar refractivity (Wildman–Crippen MR) is 69.9 cm³/mol. The van der Waals surface area contributed by atoms with E-state index < -0.39 is 5.82 Å². The van der Waals surface area contributed by atoms with E-state index in [0.29, 0.717) is 18.5 Å². The van der Waals surface area contributed by atoms with Crippen molar-refractivity contribution in [3.63, 3.8) is 0 Å². The lowest BCUT2D eigenvalue weighted by atomic mass is 10.1. The van der Waals surface area contributed by atoms with Gasteiger partial charge in [-0.3, -0.25) is 0 Å². The van der Waals surface area contributed by atoms with Crippen molar-refractivity contribution in [3.8, 4) is 5.75 Å². The second-order valence-electron chi connectivity index (χ2n) is 4.22. The van der Waals surface area contributed by atoms with Crippen molar-refractivity contribution >= 4 is 0 Å². The molecule has 2 aromatic rings. The zero-order valence-electron chi connectivity index (χ0n) is 10.4. The molecular weight excluding hydrogens is 248 g/mol. The van der Waals surface area contributed by atoms with Gasteiger partial charge in [-0.25, -0.2) is 8.78 Å². The Balaban J connectivity index is 2.03. The fourth-order valence-electron chi connectivity index (χ4n) is 1.77. The molecule has 0 radical (unpaired) electrons. The first-order chi connectivity index (χ1) is 9.19. The van der Waals surface area contributed by atoms with E-state index >= 15 is 0 Å². The highest BCUT2D eigenvalue weighted by atomic mass is 19.1. The summed E-state index contributed by atoms with van der Waals surface area (Å²) in [4.78, 5) is 0. The standard InChI is InChI=1S/C15H15F2NO/c16-13-3-1-2-12(8-13)10-19-15-5-4-11(6-7-18)9-14(15)17/h1-5,8-9H,6-7,10,18H2. The second kappa shape index (κ2) is 6.29. The van der Waals surface area contributed by atoms with Crippen LogP contribution in [0.3, 0.4) is 0 Å². The van der Waals surface area contributed by atoms with Crippen LogP contribution in [0.1, 0.15) is 11.1 Å². The van der Waals surface area contributed by atoms with Gasteiger partial charge in [-0.15, -0.1) is 0 Å². The highest BCUT2D eigenvalue weighted by molar-refractivity contribution is 5.30. The maximum Gasteiger partial charge on any atom is 0.165 e. The SMILES string of the molecule is NCCc1ccc(OCc2cccc(F)c2)c(F)c1. The van der Waals surface area contributed by atoms with Crippen molar-refractivity contribution in [2.24, 2.45) is 5.73 Å². The van der Waals surface area contributed by atoms with Gasteiger partial charge < -0.3 is 10.5 Å². The molecule has 0 unspecified atom stereocenters. The molecule has 2 aromatic carbocycles. The summed E-state index contributed by atoms with van der Waals surface area (Å²) in [6, 6.07) is 10.8. The monoisotopic (exact) mass is 263 g/mol. The Bertz CT molecular complexity index is 558. The summed E-state index contributed by atoms with van der Waals surface area (Å²) < 4.78 is 32.0. The van der Waals surface area contributed by atoms with Gasteiger partial charge in [0.25, 0.3) is 0 Å². The van der Waals surface area contributed by atoms with Crippen LogP contribution in [0, 0.1) is 11.6 Å². The molecule has 0 saturated heterocycles. The number of hydrogen-bond acceptors (Lipinski definition) is 2. The minimum atomic E-state index is -0.428. The lowest BCUT2D eigenvalue weighted by molar-refractivity contribution is 0.289. The van der Waals surface area contributed by atoms with Crippen LogP contribution in [0.2, 0.25) is 0 Å². The minimum absolute atomic E-state index is 0.130. The molecule has 2 nitrogen and oxygen atoms in total. The molecule has 0 amide bonds. The molecule has 0 saturated carbocycles. The lowest BCUT2D eigenvalue weighted by Crippen LogP contribution is -2.03. The third kappa shape index (κ3) is 3.76. The van der Waals surface area contributed by atoms with Gasteiger partial charge in [0.1, 0.15) is 12.4 Å². The van der Waals surface area contributed by atoms with Crippen LogP contribution < -0.4 is 10.5 Å². The van der Waals surface area contributed by atoms with Crippen LogP contribution in [-0.4, -0.2) is 6.54 Å². The summed E-state index contributed by atoms with van der Waals surface area (Å²) in [7, 11) is 0. The molecule has 0 aliphatic rings. The van der Waals surface area contributed by atoms with Crippen molar-refractivity contribution in [2.45, 2.75) is 13.0 Å². The Morgan fingerprint density at radius 2 is 1.84 bits per heavy atom. The topological polar surface area (TPSA) is 35.2 Å². The van der Waals surface area contributed by atoms with E-state index in [9.17, 15) is 8.78 Å². The van der Waals surface area contributed by atoms with E-state index in [1.165, 1.54) is 18.2 Å². The first kappa shape index (κ1) is 13.5. The average molecular weight is 263 g/mol. The molecule has 4 heteroatoms. The van der Waals surface area contributed by atoms with E-state index in [-0.39, 0.29) is 18.2 Å². The maximum absolute atomic E-state index is 13.7. The van der Waals surface area contributed by atoms with Gasteiger partial charge in [-0.2, -0.15) is 0 Å². The molecule has 0 fully saturated rings. The summed E-state index contributed by atoms with van der Waals surface area (Å²) in [6.07, 6.45) is 0.626. The molecule has 100 valence electrons. The maximum atomic E-state index is 13.7. The third-order valence-electron chi connectivity index (χ3n) is 2.71. The van der Waals surface area contributed by atoms with Crippen molar-refractivity contribution in [2.75, 3.05) is 6.54 Å². The first-order valence-corrected chi connectivity index (χ1v) is 6.05. The van der Waals surface area contributed by atoms with Crippen molar-refractivity contribution in [1.29, 1.82) is 0 Å². The number of halogens is 2. The number of benzene rings is 2. The number of rotatable bonds is 5. The zero-order chi connectivity index (χ0) is 13.7. The van der Waals surface area contributed by atoms with Crippen LogP contribution in [0.5, 0.6) is 5.75 Å². The van der Waals surface area contributed by atoms with Crippen molar-refractivity contribution in [3.05, 3.63) is 65.2 Å². The normalized spacial score (nSPS) is 10.5. The number of ether oxygens (including phenoxy) is 1. The predicted octanol–water partition coefficient (Wildman–Crippen LogP) is 3.05. The van der Waals surface area contributed by atoms with Crippen LogP contribution in [0.4, 0.5) is 8.78 Å². The molecule has 0 atom stereocenters. The van der Waals surface area contributed by atoms with E-state index in [1.807, 2.05) is 0 Å². The molecule has 2 rings (SSSR count). The Hall–Kier alpha value is -1.94. The highest BCUT2D eigenvalue weighted by Crippen LogP contribution is 2.20. The molecule has 0 spiro atoms. The number of hydrogen-bond donors (Lipinski definition) is 1. The fraction of sp³-hybridized carbons (Fsp3) is 0.200. The van der Waals surface area contributed by atoms with Crippen LogP contribution >= 0.6 is 0 Å². The van der Waals surface area contributed by atoms with Gasteiger partial charge in [-0.1, -0.05) is 18.2 Å². The largest absolute Gasteiger partial charge is 0.486 e. The summed E-state index contributed by atoms with van der Waals surface area (Å²) in [6.45, 7) is 0.605. The van der Waals surface area contributed by atoms with Crippen LogP contribution in [0.15, 0.2) is 42.5 Å². The van der Waals surface area contributed by atoms with Crippen LogP contribution in [0.25, 0.3) is 0 Å². The first-order valence-electron chi connectivity index (χ1n) is 6.05. The molecule has 0 heterocycles. The smallest absolute Gasteiger partial charge is 0.165 e. The molecule has 19 heavy (non-hydrogen) atoms. The third-order valence-corrected chi connectivity index (χ3v) is 2.71.